The van der Waals surface area contributed by atoms with Gasteiger partial charge in [-0.05, 0) is 30.5 Å². The van der Waals surface area contributed by atoms with Crippen LogP contribution < -0.4 is 10.6 Å². The summed E-state index contributed by atoms with van der Waals surface area (Å²) in [4.78, 5) is 7.76. The minimum atomic E-state index is 0.0934. The average molecular weight is 276 g/mol. The lowest BCUT2D eigenvalue weighted by Gasteiger charge is -2.21. The van der Waals surface area contributed by atoms with Gasteiger partial charge in [-0.3, -0.25) is 0 Å². The van der Waals surface area contributed by atoms with Crippen molar-refractivity contribution in [2.75, 3.05) is 11.4 Å². The molecule has 0 spiro atoms. The molecule has 2 aromatic rings. The molecule has 6 heteroatoms. The summed E-state index contributed by atoms with van der Waals surface area (Å²) >= 11 is 1.72. The normalized spacial score (nSPS) is 11.5. The molecule has 0 aliphatic rings. The number of rotatable bonds is 5. The number of anilines is 1. The monoisotopic (exact) mass is 276 g/mol. The zero-order chi connectivity index (χ0) is 13.7. The van der Waals surface area contributed by atoms with E-state index in [1.54, 1.807) is 23.6 Å². The zero-order valence-corrected chi connectivity index (χ0v) is 11.5. The molecule has 2 rings (SSSR count). The Morgan fingerprint density at radius 1 is 1.53 bits per heavy atom. The summed E-state index contributed by atoms with van der Waals surface area (Å²) in [5, 5.41) is 13.8. The standard InChI is InChI=1S/C13H16N4OS/c1-2-17(9-11-4-3-7-19-11)12-8-10(5-6-15-12)13(14)16-18/h3-8,18H,2,9H2,1H3,(H2,14,16). The van der Waals surface area contributed by atoms with E-state index >= 15 is 0 Å². The van der Waals surface area contributed by atoms with Gasteiger partial charge in [0.2, 0.25) is 0 Å². The Balaban J connectivity index is 2.23. The fraction of sp³-hybridized carbons (Fsp3) is 0.231. The van der Waals surface area contributed by atoms with Gasteiger partial charge in [0.05, 0.1) is 6.54 Å². The first-order valence-corrected chi connectivity index (χ1v) is 6.83. The highest BCUT2D eigenvalue weighted by atomic mass is 32.1. The largest absolute Gasteiger partial charge is 0.409 e. The molecule has 0 bridgehead atoms. The van der Waals surface area contributed by atoms with Crippen LogP contribution >= 0.6 is 11.3 Å². The molecule has 0 saturated carbocycles. The average Bonchev–Trinajstić information content (AvgIpc) is 2.97. The lowest BCUT2D eigenvalue weighted by molar-refractivity contribution is 0.318. The van der Waals surface area contributed by atoms with E-state index in [2.05, 4.69) is 33.4 Å². The second-order valence-electron chi connectivity index (χ2n) is 3.98. The van der Waals surface area contributed by atoms with Crippen molar-refractivity contribution in [3.8, 4) is 0 Å². The van der Waals surface area contributed by atoms with Crippen LogP contribution in [0.5, 0.6) is 0 Å². The van der Waals surface area contributed by atoms with Crippen molar-refractivity contribution in [2.24, 2.45) is 10.9 Å². The molecule has 0 saturated heterocycles. The summed E-state index contributed by atoms with van der Waals surface area (Å²) in [7, 11) is 0. The first kappa shape index (κ1) is 13.4. The Hall–Kier alpha value is -2.08. The van der Waals surface area contributed by atoms with E-state index < -0.39 is 0 Å². The molecule has 0 atom stereocenters. The minimum absolute atomic E-state index is 0.0934. The van der Waals surface area contributed by atoms with Crippen LogP contribution in [0.3, 0.4) is 0 Å². The van der Waals surface area contributed by atoms with Crippen molar-refractivity contribution >= 4 is 23.0 Å². The number of nitrogens with zero attached hydrogens (tertiary/aromatic N) is 3. The fourth-order valence-electron chi connectivity index (χ4n) is 1.75. The quantitative estimate of drug-likeness (QED) is 0.380. The first-order chi connectivity index (χ1) is 9.24. The second-order valence-corrected chi connectivity index (χ2v) is 5.01. The van der Waals surface area contributed by atoms with Crippen molar-refractivity contribution in [2.45, 2.75) is 13.5 Å². The predicted molar refractivity (Wildman–Crippen MR) is 77.8 cm³/mol. The van der Waals surface area contributed by atoms with E-state index in [1.165, 1.54) is 4.88 Å². The molecule has 0 unspecified atom stereocenters. The Bertz CT molecular complexity index is 554. The lowest BCUT2D eigenvalue weighted by Crippen LogP contribution is -2.23. The Morgan fingerprint density at radius 2 is 2.37 bits per heavy atom. The van der Waals surface area contributed by atoms with Crippen LogP contribution in [0.2, 0.25) is 0 Å². The Labute approximate surface area is 116 Å². The van der Waals surface area contributed by atoms with E-state index in [1.807, 2.05) is 12.1 Å². The van der Waals surface area contributed by atoms with Gasteiger partial charge in [0.1, 0.15) is 5.82 Å². The number of thiophene rings is 1. The third kappa shape index (κ3) is 3.23. The molecule has 5 nitrogen and oxygen atoms in total. The van der Waals surface area contributed by atoms with Gasteiger partial charge in [-0.1, -0.05) is 11.2 Å². The molecule has 0 fully saturated rings. The van der Waals surface area contributed by atoms with Crippen molar-refractivity contribution in [1.29, 1.82) is 0 Å². The smallest absolute Gasteiger partial charge is 0.170 e. The number of hydrogen-bond donors (Lipinski definition) is 2. The van der Waals surface area contributed by atoms with Crippen molar-refractivity contribution in [1.82, 2.24) is 4.98 Å². The van der Waals surface area contributed by atoms with Crippen LogP contribution in [0.15, 0.2) is 41.0 Å². The van der Waals surface area contributed by atoms with E-state index in [0.29, 0.717) is 5.56 Å². The fourth-order valence-corrected chi connectivity index (χ4v) is 2.47. The maximum Gasteiger partial charge on any atom is 0.170 e. The molecular weight excluding hydrogens is 260 g/mol. The van der Waals surface area contributed by atoms with Gasteiger partial charge in [-0.15, -0.1) is 11.3 Å². The summed E-state index contributed by atoms with van der Waals surface area (Å²) in [6.07, 6.45) is 1.67. The number of aromatic nitrogens is 1. The number of nitrogens with two attached hydrogens (primary N) is 1. The minimum Gasteiger partial charge on any atom is -0.409 e. The molecule has 19 heavy (non-hydrogen) atoms. The number of amidine groups is 1. The van der Waals surface area contributed by atoms with Gasteiger partial charge in [-0.25, -0.2) is 4.98 Å². The van der Waals surface area contributed by atoms with Crippen LogP contribution in [0.25, 0.3) is 0 Å². The number of oxime groups is 1. The maximum atomic E-state index is 8.71. The molecule has 0 aliphatic carbocycles. The van der Waals surface area contributed by atoms with E-state index in [-0.39, 0.29) is 5.84 Å². The van der Waals surface area contributed by atoms with Crippen molar-refractivity contribution in [3.63, 3.8) is 0 Å². The topological polar surface area (TPSA) is 74.7 Å². The van der Waals surface area contributed by atoms with Crippen LogP contribution in [-0.4, -0.2) is 22.6 Å². The first-order valence-electron chi connectivity index (χ1n) is 5.96. The molecule has 2 heterocycles. The van der Waals surface area contributed by atoms with Crippen molar-refractivity contribution < 1.29 is 5.21 Å². The number of pyridine rings is 1. The molecular formula is C13H16N4OS. The zero-order valence-electron chi connectivity index (χ0n) is 10.7. The summed E-state index contributed by atoms with van der Waals surface area (Å²) in [6, 6.07) is 7.68. The predicted octanol–water partition coefficient (Wildman–Crippen LogP) is 2.26. The maximum absolute atomic E-state index is 8.71. The van der Waals surface area contributed by atoms with Crippen LogP contribution in [0.1, 0.15) is 17.4 Å². The molecule has 0 amide bonds. The number of hydrogen-bond acceptors (Lipinski definition) is 5. The SMILES string of the molecule is CCN(Cc1cccs1)c1cc(C(N)=NO)ccn1. The summed E-state index contributed by atoms with van der Waals surface area (Å²) in [6.45, 7) is 3.72. The van der Waals surface area contributed by atoms with Gasteiger partial charge < -0.3 is 15.8 Å². The van der Waals surface area contributed by atoms with Crippen LogP contribution in [0, 0.1) is 0 Å². The summed E-state index contributed by atoms with van der Waals surface area (Å²) in [5.74, 6) is 0.913. The molecule has 2 aromatic heterocycles. The Kier molecular flexibility index (Phi) is 4.35. The highest BCUT2D eigenvalue weighted by Crippen LogP contribution is 2.18. The van der Waals surface area contributed by atoms with E-state index in [0.717, 1.165) is 18.9 Å². The van der Waals surface area contributed by atoms with Crippen LogP contribution in [0.4, 0.5) is 5.82 Å². The van der Waals surface area contributed by atoms with E-state index in [9.17, 15) is 0 Å². The third-order valence-electron chi connectivity index (χ3n) is 2.78. The highest BCUT2D eigenvalue weighted by Gasteiger charge is 2.09. The second kappa shape index (κ2) is 6.19. The summed E-state index contributed by atoms with van der Waals surface area (Å²) in [5.41, 5.74) is 6.26. The lowest BCUT2D eigenvalue weighted by atomic mass is 10.2. The Morgan fingerprint density at radius 3 is 3.00 bits per heavy atom. The van der Waals surface area contributed by atoms with Gasteiger partial charge >= 0.3 is 0 Å². The molecule has 3 N–H and O–H groups in total. The molecule has 0 aliphatic heterocycles. The van der Waals surface area contributed by atoms with Gasteiger partial charge in [-0.2, -0.15) is 0 Å². The van der Waals surface area contributed by atoms with E-state index in [4.69, 9.17) is 10.9 Å². The molecule has 0 aromatic carbocycles. The molecule has 100 valence electrons. The highest BCUT2D eigenvalue weighted by molar-refractivity contribution is 7.09. The van der Waals surface area contributed by atoms with Crippen LogP contribution in [-0.2, 0) is 6.54 Å². The third-order valence-corrected chi connectivity index (χ3v) is 3.64. The van der Waals surface area contributed by atoms with Gasteiger partial charge in [0, 0.05) is 23.2 Å². The molecule has 0 radical (unpaired) electrons. The van der Waals surface area contributed by atoms with Crippen molar-refractivity contribution in [3.05, 3.63) is 46.3 Å². The van der Waals surface area contributed by atoms with Gasteiger partial charge in [0.15, 0.2) is 5.84 Å². The van der Waals surface area contributed by atoms with Gasteiger partial charge in [0.25, 0.3) is 0 Å². The summed E-state index contributed by atoms with van der Waals surface area (Å²) < 4.78 is 0.